The first-order chi connectivity index (χ1) is 13.2. The van der Waals surface area contributed by atoms with Crippen molar-refractivity contribution in [3.63, 3.8) is 0 Å². The SMILES string of the molecule is CCOC1(OCC)CC=C(CC2c3[nH]c4ccccc4c3CCN2C)CC1. The Morgan fingerprint density at radius 2 is 1.93 bits per heavy atom. The number of aromatic nitrogens is 1. The lowest BCUT2D eigenvalue weighted by Crippen LogP contribution is -2.38. The van der Waals surface area contributed by atoms with Crippen LogP contribution in [0.1, 0.15) is 56.8 Å². The van der Waals surface area contributed by atoms with Crippen LogP contribution in [-0.4, -0.2) is 42.5 Å². The van der Waals surface area contributed by atoms with E-state index in [-0.39, 0.29) is 0 Å². The lowest BCUT2D eigenvalue weighted by atomic mass is 9.87. The summed E-state index contributed by atoms with van der Waals surface area (Å²) in [7, 11) is 2.26. The van der Waals surface area contributed by atoms with Crippen molar-refractivity contribution in [1.82, 2.24) is 9.88 Å². The Morgan fingerprint density at radius 1 is 1.15 bits per heavy atom. The molecule has 1 aromatic heterocycles. The van der Waals surface area contributed by atoms with Crippen molar-refractivity contribution in [3.05, 3.63) is 47.2 Å². The lowest BCUT2D eigenvalue weighted by molar-refractivity contribution is -0.236. The Labute approximate surface area is 162 Å². The lowest BCUT2D eigenvalue weighted by Gasteiger charge is -2.38. The van der Waals surface area contributed by atoms with Crippen LogP contribution < -0.4 is 0 Å². The van der Waals surface area contributed by atoms with E-state index in [1.807, 2.05) is 0 Å². The Hall–Kier alpha value is -1.62. The number of benzene rings is 1. The molecule has 4 nitrogen and oxygen atoms in total. The maximum atomic E-state index is 5.98. The van der Waals surface area contributed by atoms with E-state index in [4.69, 9.17) is 9.47 Å². The molecule has 1 atom stereocenters. The molecule has 1 unspecified atom stereocenters. The second-order valence-electron chi connectivity index (χ2n) is 7.86. The van der Waals surface area contributed by atoms with E-state index in [1.165, 1.54) is 27.7 Å². The zero-order chi connectivity index (χ0) is 18.9. The molecule has 2 aromatic rings. The molecule has 1 aliphatic carbocycles. The Morgan fingerprint density at radius 3 is 2.63 bits per heavy atom. The van der Waals surface area contributed by atoms with E-state index in [9.17, 15) is 0 Å². The fourth-order valence-electron chi connectivity index (χ4n) is 4.82. The highest BCUT2D eigenvalue weighted by Gasteiger charge is 2.35. The normalized spacial score (nSPS) is 22.6. The van der Waals surface area contributed by atoms with Gasteiger partial charge in [0.1, 0.15) is 0 Å². The molecule has 2 heterocycles. The first kappa shape index (κ1) is 18.7. The Balaban J connectivity index is 1.56. The summed E-state index contributed by atoms with van der Waals surface area (Å²) in [5, 5.41) is 1.40. The molecule has 27 heavy (non-hydrogen) atoms. The summed E-state index contributed by atoms with van der Waals surface area (Å²) >= 11 is 0. The minimum absolute atomic E-state index is 0.405. The van der Waals surface area contributed by atoms with Crippen LogP contribution in [0.4, 0.5) is 0 Å². The van der Waals surface area contributed by atoms with Crippen LogP contribution >= 0.6 is 0 Å². The third kappa shape index (κ3) is 3.58. The molecule has 0 amide bonds. The molecule has 1 aromatic carbocycles. The predicted octanol–water partition coefficient (Wildman–Crippen LogP) is 4.97. The van der Waals surface area contributed by atoms with Crippen LogP contribution in [0.3, 0.4) is 0 Å². The van der Waals surface area contributed by atoms with Gasteiger partial charge in [0.25, 0.3) is 0 Å². The monoisotopic (exact) mass is 368 g/mol. The molecule has 4 rings (SSSR count). The highest BCUT2D eigenvalue weighted by atomic mass is 16.7. The molecule has 0 saturated heterocycles. The van der Waals surface area contributed by atoms with Gasteiger partial charge < -0.3 is 14.5 Å². The van der Waals surface area contributed by atoms with E-state index in [1.54, 1.807) is 0 Å². The van der Waals surface area contributed by atoms with Gasteiger partial charge in [0.05, 0.1) is 6.04 Å². The molecule has 0 bridgehead atoms. The minimum atomic E-state index is -0.405. The van der Waals surface area contributed by atoms with Crippen LogP contribution in [0.15, 0.2) is 35.9 Å². The fourth-order valence-corrected chi connectivity index (χ4v) is 4.82. The number of nitrogens with one attached hydrogen (secondary N) is 1. The van der Waals surface area contributed by atoms with Gasteiger partial charge in [-0.1, -0.05) is 29.8 Å². The maximum absolute atomic E-state index is 5.98. The summed E-state index contributed by atoms with van der Waals surface area (Å²) in [5.74, 6) is -0.405. The van der Waals surface area contributed by atoms with E-state index < -0.39 is 5.79 Å². The molecular formula is C23H32N2O2. The fraction of sp³-hybridized carbons (Fsp3) is 0.565. The van der Waals surface area contributed by atoms with Gasteiger partial charge in [0.2, 0.25) is 0 Å². The number of ether oxygens (including phenoxy) is 2. The van der Waals surface area contributed by atoms with Gasteiger partial charge in [-0.05, 0) is 51.8 Å². The van der Waals surface area contributed by atoms with Gasteiger partial charge in [-0.2, -0.15) is 0 Å². The van der Waals surface area contributed by atoms with Crippen molar-refractivity contribution in [2.24, 2.45) is 0 Å². The third-order valence-corrected chi connectivity index (χ3v) is 6.23. The van der Waals surface area contributed by atoms with Crippen LogP contribution in [0.5, 0.6) is 0 Å². The van der Waals surface area contributed by atoms with E-state index in [0.717, 1.165) is 38.6 Å². The predicted molar refractivity (Wildman–Crippen MR) is 110 cm³/mol. The van der Waals surface area contributed by atoms with Crippen molar-refractivity contribution < 1.29 is 9.47 Å². The van der Waals surface area contributed by atoms with Crippen molar-refractivity contribution >= 4 is 10.9 Å². The smallest absolute Gasteiger partial charge is 0.171 e. The topological polar surface area (TPSA) is 37.5 Å². The van der Waals surface area contributed by atoms with Gasteiger partial charge in [0, 0.05) is 49.2 Å². The molecule has 2 aliphatic rings. The number of fused-ring (bicyclic) bond motifs is 3. The summed E-state index contributed by atoms with van der Waals surface area (Å²) < 4.78 is 12.0. The van der Waals surface area contributed by atoms with Gasteiger partial charge in [0.15, 0.2) is 5.79 Å². The van der Waals surface area contributed by atoms with Crippen LogP contribution in [0.2, 0.25) is 0 Å². The van der Waals surface area contributed by atoms with Gasteiger partial charge in [-0.25, -0.2) is 0 Å². The largest absolute Gasteiger partial charge is 0.357 e. The van der Waals surface area contributed by atoms with Crippen molar-refractivity contribution in [3.8, 4) is 0 Å². The van der Waals surface area contributed by atoms with Gasteiger partial charge >= 0.3 is 0 Å². The second kappa shape index (κ2) is 7.78. The van der Waals surface area contributed by atoms with E-state index >= 15 is 0 Å². The first-order valence-corrected chi connectivity index (χ1v) is 10.4. The third-order valence-electron chi connectivity index (χ3n) is 6.23. The minimum Gasteiger partial charge on any atom is -0.357 e. The summed E-state index contributed by atoms with van der Waals surface area (Å²) in [6.07, 6.45) is 7.46. The zero-order valence-corrected chi connectivity index (χ0v) is 16.9. The average molecular weight is 369 g/mol. The average Bonchev–Trinajstić information content (AvgIpc) is 3.05. The molecule has 0 radical (unpaired) electrons. The quantitative estimate of drug-likeness (QED) is 0.578. The van der Waals surface area contributed by atoms with Crippen LogP contribution in [0, 0.1) is 0 Å². The maximum Gasteiger partial charge on any atom is 0.171 e. The number of hydrogen-bond donors (Lipinski definition) is 1. The summed E-state index contributed by atoms with van der Waals surface area (Å²) in [5.41, 5.74) is 5.74. The zero-order valence-electron chi connectivity index (χ0n) is 16.9. The number of rotatable bonds is 6. The standard InChI is InChI=1S/C23H32N2O2/c1-4-26-23(27-5-2)13-10-17(11-14-23)16-21-22-19(12-15-25(21)3)18-8-6-7-9-20(18)24-22/h6-10,21,24H,4-5,11-16H2,1-3H3. The number of nitrogens with zero attached hydrogens (tertiary/aromatic N) is 1. The molecular weight excluding hydrogens is 336 g/mol. The highest BCUT2D eigenvalue weighted by molar-refractivity contribution is 5.85. The molecule has 0 fully saturated rings. The summed E-state index contributed by atoms with van der Waals surface area (Å²) in [6, 6.07) is 9.15. The van der Waals surface area contributed by atoms with E-state index in [0.29, 0.717) is 19.3 Å². The number of aromatic amines is 1. The molecule has 146 valence electrons. The van der Waals surface area contributed by atoms with Crippen LogP contribution in [0.25, 0.3) is 10.9 Å². The van der Waals surface area contributed by atoms with Gasteiger partial charge in [-0.15, -0.1) is 0 Å². The van der Waals surface area contributed by atoms with Crippen LogP contribution in [-0.2, 0) is 15.9 Å². The van der Waals surface area contributed by atoms with Gasteiger partial charge in [-0.3, -0.25) is 4.90 Å². The molecule has 1 N–H and O–H groups in total. The van der Waals surface area contributed by atoms with Crippen molar-refractivity contribution in [2.75, 3.05) is 26.8 Å². The number of H-pyrrole nitrogens is 1. The molecule has 1 aliphatic heterocycles. The summed E-state index contributed by atoms with van der Waals surface area (Å²) in [4.78, 5) is 6.23. The molecule has 4 heteroatoms. The Kier molecular flexibility index (Phi) is 5.40. The molecule has 0 spiro atoms. The Bertz CT molecular complexity index is 817. The molecule has 0 saturated carbocycles. The summed E-state index contributed by atoms with van der Waals surface area (Å²) in [6.45, 7) is 6.62. The first-order valence-electron chi connectivity index (χ1n) is 10.4. The van der Waals surface area contributed by atoms with E-state index in [2.05, 4.69) is 61.1 Å². The number of hydrogen-bond acceptors (Lipinski definition) is 3. The number of para-hydroxylation sites is 1. The van der Waals surface area contributed by atoms with Crippen molar-refractivity contribution in [1.29, 1.82) is 0 Å². The highest BCUT2D eigenvalue weighted by Crippen LogP contribution is 2.40. The number of likely N-dealkylation sites (N-methyl/N-ethyl adjacent to an activating group) is 1. The van der Waals surface area contributed by atoms with Crippen molar-refractivity contribution in [2.45, 2.75) is 57.8 Å². The second-order valence-corrected chi connectivity index (χ2v) is 7.86.